The molecule has 1 aromatic carbocycles. The van der Waals surface area contributed by atoms with Gasteiger partial charge in [0.2, 0.25) is 0 Å². The normalized spacial score (nSPS) is 10.2. The maximum atomic E-state index is 12.8. The second-order valence-corrected chi connectivity index (χ2v) is 4.58. The van der Waals surface area contributed by atoms with Crippen LogP contribution in [0, 0.1) is 5.82 Å². The molecule has 0 saturated carbocycles. The van der Waals surface area contributed by atoms with E-state index in [1.165, 1.54) is 31.4 Å². The Morgan fingerprint density at radius 1 is 1.35 bits per heavy atom. The van der Waals surface area contributed by atoms with E-state index in [0.29, 0.717) is 5.56 Å². The van der Waals surface area contributed by atoms with Crippen LogP contribution in [0.1, 0.15) is 26.4 Å². The van der Waals surface area contributed by atoms with Gasteiger partial charge in [-0.25, -0.2) is 9.37 Å². The van der Waals surface area contributed by atoms with E-state index in [4.69, 9.17) is 10.5 Å². The summed E-state index contributed by atoms with van der Waals surface area (Å²) in [7, 11) is 1.21. The lowest BCUT2D eigenvalue weighted by molar-refractivity contribution is 0.0942. The predicted octanol–water partition coefficient (Wildman–Crippen LogP) is 0.964. The van der Waals surface area contributed by atoms with Gasteiger partial charge < -0.3 is 20.9 Å². The van der Waals surface area contributed by atoms with Gasteiger partial charge in [-0.2, -0.15) is 0 Å². The summed E-state index contributed by atoms with van der Waals surface area (Å²) in [6.07, 6.45) is 1.03. The predicted molar refractivity (Wildman–Crippen MR) is 78.5 cm³/mol. The number of ether oxygens (including phenoxy) is 1. The van der Waals surface area contributed by atoms with Crippen molar-refractivity contribution in [3.05, 3.63) is 53.1 Å². The molecule has 2 amide bonds. The van der Waals surface area contributed by atoms with E-state index in [1.807, 2.05) is 0 Å². The Bertz CT molecular complexity index is 747. The maximum Gasteiger partial charge on any atom is 0.271 e. The zero-order chi connectivity index (χ0) is 17.0. The molecule has 2 aromatic rings. The average molecular weight is 319 g/mol. The van der Waals surface area contributed by atoms with Crippen molar-refractivity contribution in [2.75, 3.05) is 7.11 Å². The highest BCUT2D eigenvalue weighted by molar-refractivity contribution is 6.00. The summed E-state index contributed by atoms with van der Waals surface area (Å²) < 4.78 is 17.7. The van der Waals surface area contributed by atoms with Crippen molar-refractivity contribution in [2.24, 2.45) is 5.73 Å². The Balaban J connectivity index is 2.19. The standard InChI is InChI=1S/C15H14FN3O4/c1-23-13-11(14(17)21)18-7-10(12(13)20)15(22)19-6-8-2-4-9(16)5-3-8/h2-5,7H,6H2,1H3,(H2,17,21)(H,18,20)(H,19,22). The molecule has 0 saturated heterocycles. The molecule has 0 unspecified atom stereocenters. The van der Waals surface area contributed by atoms with Crippen molar-refractivity contribution < 1.29 is 23.8 Å². The molecule has 0 radical (unpaired) electrons. The van der Waals surface area contributed by atoms with E-state index in [-0.39, 0.29) is 29.4 Å². The molecule has 23 heavy (non-hydrogen) atoms. The van der Waals surface area contributed by atoms with Gasteiger partial charge in [0.15, 0.2) is 17.2 Å². The molecule has 4 N–H and O–H groups in total. The molecule has 0 aliphatic rings. The number of nitrogens with two attached hydrogens (primary N) is 1. The number of nitrogens with zero attached hydrogens (tertiary/aromatic N) is 1. The molecule has 0 bridgehead atoms. The van der Waals surface area contributed by atoms with Gasteiger partial charge in [0.05, 0.1) is 7.11 Å². The Hall–Kier alpha value is -3.16. The molecule has 7 nitrogen and oxygen atoms in total. The van der Waals surface area contributed by atoms with Crippen molar-refractivity contribution in [1.29, 1.82) is 0 Å². The fraction of sp³-hybridized carbons (Fsp3) is 0.133. The third kappa shape index (κ3) is 3.54. The number of carbonyl (C=O) groups excluding carboxylic acids is 2. The summed E-state index contributed by atoms with van der Waals surface area (Å²) in [6.45, 7) is 0.123. The quantitative estimate of drug-likeness (QED) is 0.759. The lowest BCUT2D eigenvalue weighted by atomic mass is 10.1. The first-order chi connectivity index (χ1) is 10.9. The van der Waals surface area contributed by atoms with Gasteiger partial charge in [-0.3, -0.25) is 9.59 Å². The monoisotopic (exact) mass is 319 g/mol. The van der Waals surface area contributed by atoms with Crippen LogP contribution in [0.2, 0.25) is 0 Å². The molecule has 0 aliphatic carbocycles. The SMILES string of the molecule is COc1c(C(N)=O)ncc(C(=O)NCc2ccc(F)cc2)c1O. The molecule has 0 fully saturated rings. The van der Waals surface area contributed by atoms with Crippen molar-refractivity contribution in [1.82, 2.24) is 10.3 Å². The molecule has 1 aromatic heterocycles. The highest BCUT2D eigenvalue weighted by atomic mass is 19.1. The third-order valence-electron chi connectivity index (χ3n) is 3.06. The molecule has 8 heteroatoms. The van der Waals surface area contributed by atoms with Crippen molar-refractivity contribution in [3.63, 3.8) is 0 Å². The Morgan fingerprint density at radius 2 is 2.00 bits per heavy atom. The number of benzene rings is 1. The van der Waals surface area contributed by atoms with E-state index in [9.17, 15) is 19.1 Å². The van der Waals surface area contributed by atoms with Crippen LogP contribution in [0.25, 0.3) is 0 Å². The Kier molecular flexibility index (Phi) is 4.75. The first kappa shape index (κ1) is 16.2. The van der Waals surface area contributed by atoms with Crippen molar-refractivity contribution in [3.8, 4) is 11.5 Å². The summed E-state index contributed by atoms with van der Waals surface area (Å²) in [5.41, 5.74) is 5.33. The van der Waals surface area contributed by atoms with E-state index >= 15 is 0 Å². The number of rotatable bonds is 5. The van der Waals surface area contributed by atoms with Crippen LogP contribution >= 0.6 is 0 Å². The average Bonchev–Trinajstić information content (AvgIpc) is 2.53. The third-order valence-corrected chi connectivity index (χ3v) is 3.06. The first-order valence-electron chi connectivity index (χ1n) is 6.52. The largest absolute Gasteiger partial charge is 0.504 e. The molecule has 0 aliphatic heterocycles. The molecule has 2 rings (SSSR count). The van der Waals surface area contributed by atoms with Gasteiger partial charge in [-0.1, -0.05) is 12.1 Å². The molecular weight excluding hydrogens is 305 g/mol. The topological polar surface area (TPSA) is 115 Å². The molecule has 1 heterocycles. The van der Waals surface area contributed by atoms with Gasteiger partial charge in [0.25, 0.3) is 11.8 Å². The van der Waals surface area contributed by atoms with Crippen LogP contribution in [-0.4, -0.2) is 29.0 Å². The van der Waals surface area contributed by atoms with Gasteiger partial charge in [0.1, 0.15) is 11.4 Å². The summed E-state index contributed by atoms with van der Waals surface area (Å²) in [4.78, 5) is 27.0. The summed E-state index contributed by atoms with van der Waals surface area (Å²) in [5.74, 6) is -2.71. The number of amides is 2. The van der Waals surface area contributed by atoms with E-state index in [1.54, 1.807) is 0 Å². The van der Waals surface area contributed by atoms with Crippen LogP contribution in [0.4, 0.5) is 4.39 Å². The van der Waals surface area contributed by atoms with Gasteiger partial charge >= 0.3 is 0 Å². The minimum absolute atomic E-state index is 0.123. The summed E-state index contributed by atoms with van der Waals surface area (Å²) in [6, 6.07) is 5.57. The van der Waals surface area contributed by atoms with E-state index in [2.05, 4.69) is 10.3 Å². The lowest BCUT2D eigenvalue weighted by Gasteiger charge is -2.11. The number of nitrogens with one attached hydrogen (secondary N) is 1. The van der Waals surface area contributed by atoms with Crippen LogP contribution in [-0.2, 0) is 6.54 Å². The molecule has 120 valence electrons. The molecular formula is C15H14FN3O4. The second kappa shape index (κ2) is 6.73. The molecule has 0 atom stereocenters. The lowest BCUT2D eigenvalue weighted by Crippen LogP contribution is -2.24. The van der Waals surface area contributed by atoms with E-state index in [0.717, 1.165) is 6.20 Å². The smallest absolute Gasteiger partial charge is 0.271 e. The van der Waals surface area contributed by atoms with Crippen LogP contribution < -0.4 is 15.8 Å². The van der Waals surface area contributed by atoms with Gasteiger partial charge in [-0.05, 0) is 17.7 Å². The number of methoxy groups -OCH3 is 1. The summed E-state index contributed by atoms with van der Waals surface area (Å²) in [5, 5.41) is 12.6. The number of primary amides is 1. The number of pyridine rings is 1. The number of aromatic nitrogens is 1. The van der Waals surface area contributed by atoms with Crippen LogP contribution in [0.3, 0.4) is 0 Å². The van der Waals surface area contributed by atoms with Crippen molar-refractivity contribution in [2.45, 2.75) is 6.54 Å². The number of hydrogen-bond acceptors (Lipinski definition) is 5. The number of carbonyl (C=O) groups is 2. The number of aromatic hydroxyl groups is 1. The zero-order valence-corrected chi connectivity index (χ0v) is 12.2. The fourth-order valence-corrected chi connectivity index (χ4v) is 1.90. The Labute approximate surface area is 130 Å². The van der Waals surface area contributed by atoms with Crippen LogP contribution in [0.5, 0.6) is 11.5 Å². The Morgan fingerprint density at radius 3 is 2.57 bits per heavy atom. The van der Waals surface area contributed by atoms with Gasteiger partial charge in [0, 0.05) is 12.7 Å². The highest BCUT2D eigenvalue weighted by Crippen LogP contribution is 2.31. The number of halogens is 1. The minimum Gasteiger partial charge on any atom is -0.504 e. The maximum absolute atomic E-state index is 12.8. The minimum atomic E-state index is -0.893. The first-order valence-corrected chi connectivity index (χ1v) is 6.52. The van der Waals surface area contributed by atoms with Crippen molar-refractivity contribution >= 4 is 11.8 Å². The number of hydrogen-bond donors (Lipinski definition) is 3. The highest BCUT2D eigenvalue weighted by Gasteiger charge is 2.22. The van der Waals surface area contributed by atoms with E-state index < -0.39 is 17.6 Å². The second-order valence-electron chi connectivity index (χ2n) is 4.58. The fourth-order valence-electron chi connectivity index (χ4n) is 1.90. The zero-order valence-electron chi connectivity index (χ0n) is 12.2. The van der Waals surface area contributed by atoms with Crippen LogP contribution in [0.15, 0.2) is 30.5 Å². The summed E-state index contributed by atoms with van der Waals surface area (Å²) >= 11 is 0. The molecule has 0 spiro atoms. The van der Waals surface area contributed by atoms with Gasteiger partial charge in [-0.15, -0.1) is 0 Å².